The van der Waals surface area contributed by atoms with Crippen LogP contribution in [0.1, 0.15) is 63.4 Å². The topological polar surface area (TPSA) is 117 Å². The lowest BCUT2D eigenvalue weighted by atomic mass is 9.85. The van der Waals surface area contributed by atoms with Crippen LogP contribution in [0, 0.1) is 11.8 Å². The lowest BCUT2D eigenvalue weighted by Crippen LogP contribution is -2.50. The number of halogens is 1. The number of benzene rings is 2. The molecule has 1 aliphatic heterocycles. The molecule has 2 saturated carbocycles. The van der Waals surface area contributed by atoms with Crippen molar-refractivity contribution in [2.24, 2.45) is 11.8 Å². The van der Waals surface area contributed by atoms with Gasteiger partial charge in [0.05, 0.1) is 35.5 Å². The number of hydrogen-bond acceptors (Lipinski definition) is 6. The zero-order valence-corrected chi connectivity index (χ0v) is 24.8. The van der Waals surface area contributed by atoms with Crippen LogP contribution in [0.4, 0.5) is 16.2 Å². The van der Waals surface area contributed by atoms with E-state index in [-0.39, 0.29) is 24.2 Å². The van der Waals surface area contributed by atoms with Crippen molar-refractivity contribution in [3.63, 3.8) is 0 Å². The third-order valence-corrected chi connectivity index (χ3v) is 9.32. The molecule has 3 N–H and O–H groups in total. The van der Waals surface area contributed by atoms with E-state index in [1.54, 1.807) is 36.4 Å². The summed E-state index contributed by atoms with van der Waals surface area (Å²) in [6.07, 6.45) is 7.56. The predicted molar refractivity (Wildman–Crippen MR) is 161 cm³/mol. The second-order valence-electron chi connectivity index (χ2n) is 11.7. The lowest BCUT2D eigenvalue weighted by Gasteiger charge is -2.38. The number of rotatable bonds is 10. The highest BCUT2D eigenvalue weighted by Gasteiger charge is 2.43. The Morgan fingerprint density at radius 2 is 1.71 bits per heavy atom. The summed E-state index contributed by atoms with van der Waals surface area (Å²) in [6, 6.07) is 12.2. The number of hydrogen-bond donors (Lipinski definition) is 3. The second-order valence-corrected chi connectivity index (χ2v) is 12.1. The summed E-state index contributed by atoms with van der Waals surface area (Å²) in [5.74, 6) is -0.0603. The van der Waals surface area contributed by atoms with Crippen LogP contribution in [-0.4, -0.2) is 59.8 Å². The molecular weight excluding hydrogens is 558 g/mol. The van der Waals surface area contributed by atoms with Gasteiger partial charge in [0.1, 0.15) is 5.75 Å². The maximum Gasteiger partial charge on any atom is 0.323 e. The number of methoxy groups -OCH3 is 1. The van der Waals surface area contributed by atoms with Crippen molar-refractivity contribution in [2.75, 3.05) is 24.3 Å². The summed E-state index contributed by atoms with van der Waals surface area (Å²) in [6.45, 7) is 0.836. The molecule has 10 heteroatoms. The largest absolute Gasteiger partial charge is 0.495 e. The molecule has 0 spiro atoms. The molecule has 3 atom stereocenters. The molecular formula is C32H40ClN3O6. The van der Waals surface area contributed by atoms with Gasteiger partial charge in [0.2, 0.25) is 0 Å². The van der Waals surface area contributed by atoms with E-state index in [0.29, 0.717) is 59.8 Å². The fraction of sp³-hybridized carbons (Fsp3) is 0.531. The van der Waals surface area contributed by atoms with E-state index < -0.39 is 18.2 Å². The van der Waals surface area contributed by atoms with E-state index in [1.807, 2.05) is 6.07 Å². The van der Waals surface area contributed by atoms with Gasteiger partial charge in [-0.15, -0.1) is 0 Å². The third-order valence-electron chi connectivity index (χ3n) is 8.99. The number of amides is 2. The zero-order chi connectivity index (χ0) is 29.6. The van der Waals surface area contributed by atoms with Gasteiger partial charge < -0.3 is 25.2 Å². The van der Waals surface area contributed by atoms with Gasteiger partial charge in [-0.3, -0.25) is 14.5 Å². The summed E-state index contributed by atoms with van der Waals surface area (Å²) in [4.78, 5) is 40.3. The summed E-state index contributed by atoms with van der Waals surface area (Å²) >= 11 is 6.15. The van der Waals surface area contributed by atoms with Crippen molar-refractivity contribution in [3.8, 4) is 5.75 Å². The monoisotopic (exact) mass is 597 g/mol. The first kappa shape index (κ1) is 30.3. The van der Waals surface area contributed by atoms with Crippen LogP contribution in [0.2, 0.25) is 5.02 Å². The molecule has 226 valence electrons. The van der Waals surface area contributed by atoms with Crippen molar-refractivity contribution in [2.45, 2.75) is 82.6 Å². The van der Waals surface area contributed by atoms with Gasteiger partial charge >= 0.3 is 12.0 Å². The number of ether oxygens (including phenoxy) is 2. The average Bonchev–Trinajstić information content (AvgIpc) is 3.42. The fourth-order valence-electron chi connectivity index (χ4n) is 6.78. The van der Waals surface area contributed by atoms with Gasteiger partial charge in [-0.05, 0) is 80.7 Å². The standard InChI is InChI=1S/C32H40ClN3O6/c1-41-29-19-20(10-15-26(29)35-32(40)34-25-8-4-3-7-24(25)33)18-28(37)30(36-17-16-21-6-2-5-9-27(21)36)42-23-13-11-22(12-14-23)31(38)39/h3-4,7-8,10,15,19,21-23,27,30H,2,5-6,9,11-14,16-18H2,1H3,(H,38,39)(H2,34,35,40)/t21-,22?,23?,27-,30?/m1/s1. The van der Waals surface area contributed by atoms with Crippen molar-refractivity contribution in [1.82, 2.24) is 4.90 Å². The summed E-state index contributed by atoms with van der Waals surface area (Å²) in [5.41, 5.74) is 1.71. The summed E-state index contributed by atoms with van der Waals surface area (Å²) in [5, 5.41) is 15.3. The van der Waals surface area contributed by atoms with E-state index in [4.69, 9.17) is 21.1 Å². The Balaban J connectivity index is 1.28. The number of nitrogens with zero attached hydrogens (tertiary/aromatic N) is 1. The number of likely N-dealkylation sites (tertiary alicyclic amines) is 1. The molecule has 2 aromatic carbocycles. The number of anilines is 2. The Kier molecular flexibility index (Phi) is 10.0. The van der Waals surface area contributed by atoms with Crippen LogP contribution in [0.25, 0.3) is 0 Å². The van der Waals surface area contributed by atoms with Gasteiger partial charge in [-0.1, -0.05) is 42.6 Å². The van der Waals surface area contributed by atoms with E-state index in [0.717, 1.165) is 31.4 Å². The smallest absolute Gasteiger partial charge is 0.323 e. The maximum atomic E-state index is 13.9. The number of urea groups is 1. The highest BCUT2D eigenvalue weighted by molar-refractivity contribution is 6.33. The van der Waals surface area contributed by atoms with Crippen LogP contribution in [0.15, 0.2) is 42.5 Å². The Bertz CT molecular complexity index is 1280. The fourth-order valence-corrected chi connectivity index (χ4v) is 6.96. The number of aliphatic carboxylic acids is 1. The second kappa shape index (κ2) is 13.9. The van der Waals surface area contributed by atoms with Crippen molar-refractivity contribution in [1.29, 1.82) is 0 Å². The maximum absolute atomic E-state index is 13.9. The van der Waals surface area contributed by atoms with Crippen LogP contribution < -0.4 is 15.4 Å². The number of Topliss-reactive ketones (excluding diaryl/α,β-unsaturated/α-hetero) is 1. The Hall–Kier alpha value is -3.14. The SMILES string of the molecule is COc1cc(CC(=O)C(OC2CCC(C(=O)O)CC2)N2CC[C@H]3CCCC[C@H]32)ccc1NC(=O)Nc1ccccc1Cl. The molecule has 2 aliphatic carbocycles. The van der Waals surface area contributed by atoms with E-state index in [9.17, 15) is 19.5 Å². The molecule has 9 nitrogen and oxygen atoms in total. The van der Waals surface area contributed by atoms with Gasteiger partial charge in [0, 0.05) is 19.0 Å². The Morgan fingerprint density at radius 1 is 0.976 bits per heavy atom. The number of carboxylic acid groups (broad SMARTS) is 1. The number of ketones is 1. The van der Waals surface area contributed by atoms with Crippen LogP contribution >= 0.6 is 11.6 Å². The molecule has 2 amide bonds. The number of carbonyl (C=O) groups is 3. The molecule has 3 aliphatic rings. The summed E-state index contributed by atoms with van der Waals surface area (Å²) < 4.78 is 12.1. The van der Waals surface area contributed by atoms with Crippen molar-refractivity contribution < 1.29 is 29.0 Å². The molecule has 0 aromatic heterocycles. The first-order valence-corrected chi connectivity index (χ1v) is 15.4. The van der Waals surface area contributed by atoms with Crippen LogP contribution in [0.5, 0.6) is 5.75 Å². The van der Waals surface area contributed by atoms with E-state index >= 15 is 0 Å². The molecule has 1 heterocycles. The zero-order valence-electron chi connectivity index (χ0n) is 24.0. The number of fused-ring (bicyclic) bond motifs is 1. The average molecular weight is 598 g/mol. The Morgan fingerprint density at radius 3 is 2.45 bits per heavy atom. The Labute approximate surface area is 251 Å². The minimum atomic E-state index is -0.751. The van der Waals surface area contributed by atoms with Gasteiger partial charge in [0.15, 0.2) is 12.0 Å². The molecule has 1 unspecified atom stereocenters. The highest BCUT2D eigenvalue weighted by Crippen LogP contribution is 2.39. The minimum absolute atomic E-state index is 0.0131. The molecule has 1 saturated heterocycles. The quantitative estimate of drug-likeness (QED) is 0.292. The third kappa shape index (κ3) is 7.25. The van der Waals surface area contributed by atoms with E-state index in [1.165, 1.54) is 20.0 Å². The molecule has 42 heavy (non-hydrogen) atoms. The van der Waals surface area contributed by atoms with Crippen molar-refractivity contribution in [3.05, 3.63) is 53.1 Å². The van der Waals surface area contributed by atoms with Crippen molar-refractivity contribution >= 4 is 40.8 Å². The van der Waals surface area contributed by atoms with Gasteiger partial charge in [-0.25, -0.2) is 4.79 Å². The molecule has 3 fully saturated rings. The predicted octanol–water partition coefficient (Wildman–Crippen LogP) is 6.35. The molecule has 2 aromatic rings. The first-order chi connectivity index (χ1) is 20.3. The number of nitrogens with one attached hydrogen (secondary N) is 2. The molecule has 5 rings (SSSR count). The highest BCUT2D eigenvalue weighted by atomic mass is 35.5. The summed E-state index contributed by atoms with van der Waals surface area (Å²) in [7, 11) is 1.52. The number of carboxylic acids is 1. The van der Waals surface area contributed by atoms with Gasteiger partial charge in [-0.2, -0.15) is 0 Å². The van der Waals surface area contributed by atoms with Gasteiger partial charge in [0.25, 0.3) is 0 Å². The normalized spacial score (nSPS) is 24.8. The number of para-hydroxylation sites is 1. The number of carbonyl (C=O) groups excluding carboxylic acids is 2. The lowest BCUT2D eigenvalue weighted by molar-refractivity contribution is -0.161. The van der Waals surface area contributed by atoms with Crippen LogP contribution in [-0.2, 0) is 20.7 Å². The molecule has 0 radical (unpaired) electrons. The minimum Gasteiger partial charge on any atom is -0.495 e. The first-order valence-electron chi connectivity index (χ1n) is 15.0. The van der Waals surface area contributed by atoms with Crippen LogP contribution in [0.3, 0.4) is 0 Å². The molecule has 0 bridgehead atoms. The van der Waals surface area contributed by atoms with E-state index in [2.05, 4.69) is 15.5 Å².